The fourth-order valence-corrected chi connectivity index (χ4v) is 5.36. The molecule has 23 heavy (non-hydrogen) atoms. The van der Waals surface area contributed by atoms with Crippen LogP contribution in [0.2, 0.25) is 0 Å². The molecule has 1 aliphatic rings. The molecule has 0 radical (unpaired) electrons. The number of thiol groups is 1. The lowest BCUT2D eigenvalue weighted by Crippen LogP contribution is -2.10. The molecule has 0 N–H and O–H groups in total. The molecule has 0 aromatic rings. The molecule has 136 valence electrons. The Balaban J connectivity index is 2.11. The zero-order chi connectivity index (χ0) is 16.8. The first kappa shape index (κ1) is 21.6. The van der Waals surface area contributed by atoms with Crippen LogP contribution >= 0.6 is 34.4 Å². The van der Waals surface area contributed by atoms with Crippen molar-refractivity contribution in [2.75, 3.05) is 6.54 Å². The normalized spacial score (nSPS) is 17.8. The van der Waals surface area contributed by atoms with E-state index in [2.05, 4.69) is 29.9 Å². The minimum atomic E-state index is 0.559. The molecule has 0 saturated heterocycles. The van der Waals surface area contributed by atoms with E-state index in [0.29, 0.717) is 5.25 Å². The molecule has 1 unspecified atom stereocenters. The molecule has 1 rings (SSSR count). The first-order valence-corrected chi connectivity index (χ1v) is 12.4. The largest absolute Gasteiger partial charge is 0.238 e. The van der Waals surface area contributed by atoms with Crippen LogP contribution in [0.15, 0.2) is 5.10 Å². The lowest BCUT2D eigenvalue weighted by atomic mass is 10.1. The van der Waals surface area contributed by atoms with Crippen LogP contribution in [0.4, 0.5) is 0 Å². The van der Waals surface area contributed by atoms with E-state index in [0.717, 1.165) is 6.54 Å². The smallest absolute Gasteiger partial charge is 0.119 e. The molecule has 1 heterocycles. The molecule has 0 fully saturated rings. The highest BCUT2D eigenvalue weighted by Crippen LogP contribution is 2.35. The van der Waals surface area contributed by atoms with Gasteiger partial charge in [-0.3, -0.25) is 0 Å². The van der Waals surface area contributed by atoms with Crippen LogP contribution in [0.1, 0.15) is 97.3 Å². The average molecular weight is 377 g/mol. The maximum Gasteiger partial charge on any atom is 0.119 e. The quantitative estimate of drug-likeness (QED) is 0.148. The number of rotatable bonds is 14. The third kappa shape index (κ3) is 10.2. The number of hydrogen-bond donors (Lipinski definition) is 1. The minimum Gasteiger partial charge on any atom is -0.238 e. The molecule has 0 bridgehead atoms. The summed E-state index contributed by atoms with van der Waals surface area (Å²) in [6.45, 7) is 5.65. The van der Waals surface area contributed by atoms with E-state index in [1.165, 1.54) is 88.5 Å². The molecule has 0 saturated carbocycles. The van der Waals surface area contributed by atoms with Crippen molar-refractivity contribution < 1.29 is 0 Å². The Hall–Kier alpha value is 0.520. The lowest BCUT2D eigenvalue weighted by Gasteiger charge is -2.14. The Labute approximate surface area is 157 Å². The number of nitrogens with zero attached hydrogens (tertiary/aromatic N) is 2. The Morgan fingerprint density at radius 1 is 0.913 bits per heavy atom. The summed E-state index contributed by atoms with van der Waals surface area (Å²) in [6.07, 6.45) is 17.6. The molecule has 0 aromatic heterocycles. The zero-order valence-electron chi connectivity index (χ0n) is 15.1. The van der Waals surface area contributed by atoms with E-state index >= 15 is 0 Å². The summed E-state index contributed by atoms with van der Waals surface area (Å²) >= 11 is 6.34. The van der Waals surface area contributed by atoms with E-state index in [1.807, 2.05) is 11.9 Å². The Bertz CT molecular complexity index is 311. The minimum absolute atomic E-state index is 0.559. The summed E-state index contributed by atoms with van der Waals surface area (Å²) in [4.78, 5) is 0. The van der Waals surface area contributed by atoms with Gasteiger partial charge in [-0.25, -0.2) is 4.41 Å². The van der Waals surface area contributed by atoms with Gasteiger partial charge < -0.3 is 0 Å². The standard InChI is InChI=1S/C18H36N2S3/c1-3-5-7-9-11-13-15-17-18(23-21)19-20(22-17)16-14-12-10-8-6-4-2/h17,21H,3-16H2,1-2H3. The summed E-state index contributed by atoms with van der Waals surface area (Å²) in [5.41, 5.74) is 0. The first-order valence-electron chi connectivity index (χ1n) is 9.66. The van der Waals surface area contributed by atoms with Gasteiger partial charge in [0, 0.05) is 6.54 Å². The van der Waals surface area contributed by atoms with Crippen molar-refractivity contribution in [3.8, 4) is 0 Å². The van der Waals surface area contributed by atoms with Crippen molar-refractivity contribution in [1.82, 2.24) is 4.41 Å². The van der Waals surface area contributed by atoms with Crippen molar-refractivity contribution in [3.63, 3.8) is 0 Å². The van der Waals surface area contributed by atoms with Gasteiger partial charge in [0.2, 0.25) is 0 Å². The van der Waals surface area contributed by atoms with Crippen LogP contribution in [-0.2, 0) is 0 Å². The van der Waals surface area contributed by atoms with Gasteiger partial charge in [-0.1, -0.05) is 84.5 Å². The predicted molar refractivity (Wildman–Crippen MR) is 113 cm³/mol. The maximum absolute atomic E-state index is 4.75. The highest BCUT2D eigenvalue weighted by Gasteiger charge is 2.26. The van der Waals surface area contributed by atoms with Crippen LogP contribution in [0, 0.1) is 0 Å². The fourth-order valence-electron chi connectivity index (χ4n) is 2.88. The lowest BCUT2D eigenvalue weighted by molar-refractivity contribution is 0.472. The molecule has 5 heteroatoms. The number of hydrogen-bond acceptors (Lipinski definition) is 5. The van der Waals surface area contributed by atoms with Crippen LogP contribution in [0.3, 0.4) is 0 Å². The third-order valence-electron chi connectivity index (χ3n) is 4.35. The molecule has 0 spiro atoms. The Morgan fingerprint density at radius 3 is 2.09 bits per heavy atom. The van der Waals surface area contributed by atoms with E-state index in [-0.39, 0.29) is 0 Å². The van der Waals surface area contributed by atoms with Gasteiger partial charge in [0.1, 0.15) is 5.04 Å². The van der Waals surface area contributed by atoms with Gasteiger partial charge >= 0.3 is 0 Å². The second-order valence-electron chi connectivity index (χ2n) is 6.52. The Kier molecular flexibility index (Phi) is 13.9. The topological polar surface area (TPSA) is 15.6 Å². The summed E-state index contributed by atoms with van der Waals surface area (Å²) in [5.74, 6) is 0. The van der Waals surface area contributed by atoms with Gasteiger partial charge in [0.25, 0.3) is 0 Å². The van der Waals surface area contributed by atoms with E-state index in [4.69, 9.17) is 5.10 Å². The number of hydrazone groups is 1. The van der Waals surface area contributed by atoms with Crippen LogP contribution in [0.5, 0.6) is 0 Å². The van der Waals surface area contributed by atoms with E-state index < -0.39 is 0 Å². The van der Waals surface area contributed by atoms with Crippen LogP contribution in [-0.4, -0.2) is 21.3 Å². The van der Waals surface area contributed by atoms with Crippen molar-refractivity contribution in [3.05, 3.63) is 0 Å². The molecule has 1 atom stereocenters. The number of unbranched alkanes of at least 4 members (excludes halogenated alkanes) is 10. The summed E-state index contributed by atoms with van der Waals surface area (Å²) in [7, 11) is 1.55. The fraction of sp³-hybridized carbons (Fsp3) is 0.944. The molecule has 0 amide bonds. The molecule has 0 aliphatic carbocycles. The molecule has 1 aliphatic heterocycles. The highest BCUT2D eigenvalue weighted by atomic mass is 33.1. The highest BCUT2D eigenvalue weighted by molar-refractivity contribution is 8.75. The molecule has 2 nitrogen and oxygen atoms in total. The molecular formula is C18H36N2S3. The van der Waals surface area contributed by atoms with Crippen molar-refractivity contribution in [2.45, 2.75) is 103 Å². The van der Waals surface area contributed by atoms with Crippen molar-refractivity contribution in [1.29, 1.82) is 0 Å². The summed E-state index contributed by atoms with van der Waals surface area (Å²) in [6, 6.07) is 0. The molecule has 0 aromatic carbocycles. The maximum atomic E-state index is 4.75. The SMILES string of the molecule is CCCCCCCCC1SN(CCCCCCCC)N=C1SS. The van der Waals surface area contributed by atoms with Gasteiger partial charge in [0.05, 0.1) is 5.25 Å². The summed E-state index contributed by atoms with van der Waals surface area (Å²) in [5, 5.41) is 6.53. The van der Waals surface area contributed by atoms with Gasteiger partial charge in [-0.15, -0.1) is 11.7 Å². The van der Waals surface area contributed by atoms with Crippen molar-refractivity contribution in [2.24, 2.45) is 5.10 Å². The monoisotopic (exact) mass is 376 g/mol. The van der Waals surface area contributed by atoms with Crippen LogP contribution < -0.4 is 0 Å². The molecular weight excluding hydrogens is 340 g/mol. The van der Waals surface area contributed by atoms with E-state index in [1.54, 1.807) is 10.8 Å². The second-order valence-corrected chi connectivity index (χ2v) is 8.87. The van der Waals surface area contributed by atoms with Crippen LogP contribution in [0.25, 0.3) is 0 Å². The third-order valence-corrected chi connectivity index (χ3v) is 6.84. The Morgan fingerprint density at radius 2 is 1.48 bits per heavy atom. The van der Waals surface area contributed by atoms with E-state index in [9.17, 15) is 0 Å². The van der Waals surface area contributed by atoms with Crippen molar-refractivity contribution >= 4 is 39.4 Å². The zero-order valence-corrected chi connectivity index (χ0v) is 17.7. The van der Waals surface area contributed by atoms with Gasteiger partial charge in [-0.2, -0.15) is 5.10 Å². The average Bonchev–Trinajstić information content (AvgIpc) is 2.96. The van der Waals surface area contributed by atoms with Gasteiger partial charge in [0.15, 0.2) is 0 Å². The predicted octanol–water partition coefficient (Wildman–Crippen LogP) is 7.32. The second kappa shape index (κ2) is 14.8. The van der Waals surface area contributed by atoms with Gasteiger partial charge in [-0.05, 0) is 35.6 Å². The summed E-state index contributed by atoms with van der Waals surface area (Å²) < 4.78 is 2.22. The first-order chi connectivity index (χ1) is 11.3.